The van der Waals surface area contributed by atoms with Gasteiger partial charge in [-0.15, -0.1) is 0 Å². The van der Waals surface area contributed by atoms with Crippen molar-refractivity contribution < 1.29 is 4.79 Å². The monoisotopic (exact) mass is 273 g/mol. The number of nitrogens with two attached hydrogens (primary N) is 1. The van der Waals surface area contributed by atoms with Crippen LogP contribution in [-0.4, -0.2) is 27.9 Å². The standard InChI is InChI=1S/C16H23N3O/c17-14-6-7-15(20)19(13-4-2-1-3-5-13)16(14)12-8-10-18-11-9-12/h8-11,13-14,16H,1-7,17H2. The molecule has 1 aliphatic carbocycles. The number of amides is 1. The highest BCUT2D eigenvalue weighted by atomic mass is 16.2. The van der Waals surface area contributed by atoms with Crippen LogP contribution in [-0.2, 0) is 4.79 Å². The summed E-state index contributed by atoms with van der Waals surface area (Å²) in [6.45, 7) is 0. The minimum atomic E-state index is 0.0300. The van der Waals surface area contributed by atoms with Gasteiger partial charge in [0.1, 0.15) is 0 Å². The van der Waals surface area contributed by atoms with Gasteiger partial charge in [0, 0.05) is 30.9 Å². The molecule has 1 aromatic heterocycles. The minimum Gasteiger partial charge on any atom is -0.331 e. The Morgan fingerprint density at radius 1 is 1.10 bits per heavy atom. The number of piperidine rings is 1. The molecule has 0 spiro atoms. The molecule has 1 aromatic rings. The number of nitrogens with zero attached hydrogens (tertiary/aromatic N) is 2. The molecule has 1 amide bonds. The van der Waals surface area contributed by atoms with Crippen LogP contribution in [0.4, 0.5) is 0 Å². The molecule has 4 heteroatoms. The van der Waals surface area contributed by atoms with Crippen LogP contribution in [0.5, 0.6) is 0 Å². The smallest absolute Gasteiger partial charge is 0.223 e. The van der Waals surface area contributed by atoms with Crippen LogP contribution >= 0.6 is 0 Å². The van der Waals surface area contributed by atoms with E-state index in [1.807, 2.05) is 12.1 Å². The summed E-state index contributed by atoms with van der Waals surface area (Å²) < 4.78 is 0. The van der Waals surface area contributed by atoms with E-state index in [0.29, 0.717) is 12.5 Å². The lowest BCUT2D eigenvalue weighted by atomic mass is 9.85. The Hall–Kier alpha value is -1.42. The zero-order chi connectivity index (χ0) is 13.9. The minimum absolute atomic E-state index is 0.0300. The molecule has 3 rings (SSSR count). The van der Waals surface area contributed by atoms with Crippen molar-refractivity contribution in [2.75, 3.05) is 0 Å². The molecule has 2 heterocycles. The van der Waals surface area contributed by atoms with Gasteiger partial charge >= 0.3 is 0 Å². The van der Waals surface area contributed by atoms with Gasteiger partial charge in [0.2, 0.25) is 5.91 Å². The highest BCUT2D eigenvalue weighted by molar-refractivity contribution is 5.78. The molecule has 2 atom stereocenters. The Labute approximate surface area is 120 Å². The first kappa shape index (κ1) is 13.6. The first-order valence-corrected chi connectivity index (χ1v) is 7.74. The Morgan fingerprint density at radius 3 is 2.50 bits per heavy atom. The topological polar surface area (TPSA) is 59.2 Å². The van der Waals surface area contributed by atoms with Crippen molar-refractivity contribution in [3.63, 3.8) is 0 Å². The van der Waals surface area contributed by atoms with Crippen LogP contribution in [0, 0.1) is 0 Å². The Balaban J connectivity index is 1.91. The Bertz CT molecular complexity index is 456. The maximum absolute atomic E-state index is 12.5. The average Bonchev–Trinajstić information content (AvgIpc) is 2.51. The second kappa shape index (κ2) is 5.92. The molecule has 1 saturated heterocycles. The maximum Gasteiger partial charge on any atom is 0.223 e. The number of rotatable bonds is 2. The van der Waals surface area contributed by atoms with E-state index >= 15 is 0 Å². The van der Waals surface area contributed by atoms with E-state index in [1.54, 1.807) is 12.4 Å². The molecule has 108 valence electrons. The van der Waals surface area contributed by atoms with Gasteiger partial charge < -0.3 is 10.6 Å². The molecule has 2 fully saturated rings. The fourth-order valence-corrected chi connectivity index (χ4v) is 3.70. The predicted molar refractivity (Wildman–Crippen MR) is 77.9 cm³/mol. The summed E-state index contributed by atoms with van der Waals surface area (Å²) in [5.74, 6) is 0.278. The largest absolute Gasteiger partial charge is 0.331 e. The molecule has 0 radical (unpaired) electrons. The quantitative estimate of drug-likeness (QED) is 0.900. The third kappa shape index (κ3) is 2.57. The molecule has 0 aromatic carbocycles. The number of hydrogen-bond donors (Lipinski definition) is 1. The predicted octanol–water partition coefficient (Wildman–Crippen LogP) is 2.41. The number of hydrogen-bond acceptors (Lipinski definition) is 3. The van der Waals surface area contributed by atoms with Crippen molar-refractivity contribution in [2.45, 2.75) is 63.1 Å². The number of carbonyl (C=O) groups excluding carboxylic acids is 1. The molecule has 0 bridgehead atoms. The molecular formula is C16H23N3O. The zero-order valence-electron chi connectivity index (χ0n) is 11.9. The van der Waals surface area contributed by atoms with Crippen LogP contribution < -0.4 is 5.73 Å². The number of aromatic nitrogens is 1. The van der Waals surface area contributed by atoms with Crippen molar-refractivity contribution in [1.82, 2.24) is 9.88 Å². The van der Waals surface area contributed by atoms with Crippen molar-refractivity contribution in [3.8, 4) is 0 Å². The molecule has 20 heavy (non-hydrogen) atoms. The third-order valence-electron chi connectivity index (χ3n) is 4.70. The maximum atomic E-state index is 12.5. The molecule has 1 saturated carbocycles. The number of pyridine rings is 1. The molecule has 1 aliphatic heterocycles. The zero-order valence-corrected chi connectivity index (χ0v) is 11.9. The fourth-order valence-electron chi connectivity index (χ4n) is 3.70. The molecule has 2 unspecified atom stereocenters. The van der Waals surface area contributed by atoms with Crippen LogP contribution in [0.25, 0.3) is 0 Å². The van der Waals surface area contributed by atoms with Crippen LogP contribution in [0.2, 0.25) is 0 Å². The lowest BCUT2D eigenvalue weighted by Crippen LogP contribution is -2.53. The summed E-state index contributed by atoms with van der Waals surface area (Å²) in [6.07, 6.45) is 11.0. The average molecular weight is 273 g/mol. The van der Waals surface area contributed by atoms with Gasteiger partial charge in [-0.2, -0.15) is 0 Å². The molecular weight excluding hydrogens is 250 g/mol. The van der Waals surface area contributed by atoms with E-state index in [0.717, 1.165) is 24.8 Å². The summed E-state index contributed by atoms with van der Waals surface area (Å²) in [4.78, 5) is 18.7. The van der Waals surface area contributed by atoms with Gasteiger partial charge in [-0.25, -0.2) is 0 Å². The molecule has 2 aliphatic rings. The summed E-state index contributed by atoms with van der Waals surface area (Å²) in [5.41, 5.74) is 7.49. The van der Waals surface area contributed by atoms with Gasteiger partial charge in [-0.05, 0) is 37.0 Å². The van der Waals surface area contributed by atoms with Gasteiger partial charge in [0.05, 0.1) is 6.04 Å². The first-order chi connectivity index (χ1) is 9.77. The van der Waals surface area contributed by atoms with Gasteiger partial charge in [-0.1, -0.05) is 19.3 Å². The van der Waals surface area contributed by atoms with E-state index in [1.165, 1.54) is 19.3 Å². The SMILES string of the molecule is NC1CCC(=O)N(C2CCCCC2)C1c1ccncc1. The van der Waals surface area contributed by atoms with Gasteiger partial charge in [0.25, 0.3) is 0 Å². The molecule has 2 N–H and O–H groups in total. The van der Waals surface area contributed by atoms with E-state index in [4.69, 9.17) is 5.73 Å². The van der Waals surface area contributed by atoms with Crippen LogP contribution in [0.15, 0.2) is 24.5 Å². The van der Waals surface area contributed by atoms with Crippen molar-refractivity contribution in [2.24, 2.45) is 5.73 Å². The van der Waals surface area contributed by atoms with E-state index < -0.39 is 0 Å². The second-order valence-electron chi connectivity index (χ2n) is 6.02. The number of likely N-dealkylation sites (tertiary alicyclic amines) is 1. The second-order valence-corrected chi connectivity index (χ2v) is 6.02. The lowest BCUT2D eigenvalue weighted by molar-refractivity contribution is -0.141. The highest BCUT2D eigenvalue weighted by Crippen LogP contribution is 2.36. The van der Waals surface area contributed by atoms with E-state index in [9.17, 15) is 4.79 Å². The lowest BCUT2D eigenvalue weighted by Gasteiger charge is -2.45. The molecule has 4 nitrogen and oxygen atoms in total. The summed E-state index contributed by atoms with van der Waals surface area (Å²) in [5, 5.41) is 0. The van der Waals surface area contributed by atoms with Crippen LogP contribution in [0.1, 0.15) is 56.6 Å². The van der Waals surface area contributed by atoms with Gasteiger partial charge in [-0.3, -0.25) is 9.78 Å². The number of carbonyl (C=O) groups is 1. The normalized spacial score (nSPS) is 28.6. The van der Waals surface area contributed by atoms with E-state index in [2.05, 4.69) is 9.88 Å². The third-order valence-corrected chi connectivity index (χ3v) is 4.70. The Kier molecular flexibility index (Phi) is 4.01. The van der Waals surface area contributed by atoms with Crippen molar-refractivity contribution in [1.29, 1.82) is 0 Å². The summed E-state index contributed by atoms with van der Waals surface area (Å²) in [6, 6.07) is 4.44. The fraction of sp³-hybridized carbons (Fsp3) is 0.625. The van der Waals surface area contributed by atoms with E-state index in [-0.39, 0.29) is 18.0 Å². The summed E-state index contributed by atoms with van der Waals surface area (Å²) in [7, 11) is 0. The van der Waals surface area contributed by atoms with Crippen LogP contribution in [0.3, 0.4) is 0 Å². The Morgan fingerprint density at radius 2 is 1.80 bits per heavy atom. The first-order valence-electron chi connectivity index (χ1n) is 7.74. The van der Waals surface area contributed by atoms with Crippen molar-refractivity contribution >= 4 is 5.91 Å². The van der Waals surface area contributed by atoms with Crippen molar-refractivity contribution in [3.05, 3.63) is 30.1 Å². The highest BCUT2D eigenvalue weighted by Gasteiger charge is 2.39. The summed E-state index contributed by atoms with van der Waals surface area (Å²) >= 11 is 0. The van der Waals surface area contributed by atoms with Gasteiger partial charge in [0.15, 0.2) is 0 Å².